The molecule has 2 N–H and O–H groups in total. The fourth-order valence-corrected chi connectivity index (χ4v) is 6.20. The molecule has 0 unspecified atom stereocenters. The first kappa shape index (κ1) is 24.1. The first-order valence-corrected chi connectivity index (χ1v) is 12.6. The number of halogens is 2. The van der Waals surface area contributed by atoms with Crippen LogP contribution < -0.4 is 5.32 Å². The number of fused-ring (bicyclic) bond motifs is 2. The Labute approximate surface area is 206 Å². The second kappa shape index (κ2) is 8.49. The molecule has 12 heteroatoms. The molecule has 0 aliphatic carbocycles. The van der Waals surface area contributed by atoms with Gasteiger partial charge in [-0.3, -0.25) is 14.9 Å². The van der Waals surface area contributed by atoms with Crippen molar-refractivity contribution in [2.75, 3.05) is 6.54 Å². The Hall–Kier alpha value is -3.64. The van der Waals surface area contributed by atoms with Crippen LogP contribution in [0.5, 0.6) is 0 Å². The number of aromatic nitrogens is 4. The van der Waals surface area contributed by atoms with E-state index in [9.17, 15) is 22.0 Å². The molecular formula is C24H24F2N6O3S. The van der Waals surface area contributed by atoms with Crippen LogP contribution in [0.3, 0.4) is 0 Å². The Morgan fingerprint density at radius 1 is 1.22 bits per heavy atom. The molecule has 0 bridgehead atoms. The van der Waals surface area contributed by atoms with E-state index in [4.69, 9.17) is 0 Å². The van der Waals surface area contributed by atoms with E-state index in [0.29, 0.717) is 5.69 Å². The van der Waals surface area contributed by atoms with Crippen LogP contribution in [-0.2, 0) is 36.1 Å². The van der Waals surface area contributed by atoms with Gasteiger partial charge in [-0.05, 0) is 37.6 Å². The summed E-state index contributed by atoms with van der Waals surface area (Å²) in [6.07, 6.45) is 1.69. The van der Waals surface area contributed by atoms with Crippen LogP contribution in [0.25, 0.3) is 10.9 Å². The van der Waals surface area contributed by atoms with Crippen molar-refractivity contribution in [1.82, 2.24) is 29.4 Å². The number of nitrogens with one attached hydrogen (secondary N) is 2. The number of rotatable bonds is 5. The van der Waals surface area contributed by atoms with E-state index >= 15 is 0 Å². The van der Waals surface area contributed by atoms with Crippen LogP contribution in [0.1, 0.15) is 38.7 Å². The number of benzene rings is 1. The zero-order valence-electron chi connectivity index (χ0n) is 19.8. The fraction of sp³-hybridized carbons (Fsp3) is 0.292. The normalized spacial score (nSPS) is 15.7. The Morgan fingerprint density at radius 2 is 2.00 bits per heavy atom. The van der Waals surface area contributed by atoms with Crippen molar-refractivity contribution in [1.29, 1.82) is 0 Å². The van der Waals surface area contributed by atoms with Gasteiger partial charge in [0.05, 0.1) is 12.1 Å². The van der Waals surface area contributed by atoms with E-state index < -0.39 is 34.1 Å². The number of H-pyrrole nitrogens is 1. The predicted molar refractivity (Wildman–Crippen MR) is 128 cm³/mol. The largest absolute Gasteiger partial charge is 0.347 e. The predicted octanol–water partition coefficient (Wildman–Crippen LogP) is 3.14. The van der Waals surface area contributed by atoms with Gasteiger partial charge in [0.25, 0.3) is 5.91 Å². The van der Waals surface area contributed by atoms with E-state index in [-0.39, 0.29) is 34.9 Å². The monoisotopic (exact) mass is 514 g/mol. The Balaban J connectivity index is 1.42. The molecule has 36 heavy (non-hydrogen) atoms. The first-order chi connectivity index (χ1) is 17.0. The summed E-state index contributed by atoms with van der Waals surface area (Å²) < 4.78 is 58.6. The second-order valence-corrected chi connectivity index (χ2v) is 10.8. The van der Waals surface area contributed by atoms with Crippen molar-refractivity contribution < 1.29 is 22.0 Å². The van der Waals surface area contributed by atoms with Crippen LogP contribution in [0.15, 0.2) is 47.5 Å². The number of hydrogen-bond donors (Lipinski definition) is 2. The number of sulfonamides is 1. The van der Waals surface area contributed by atoms with E-state index in [2.05, 4.69) is 20.5 Å². The van der Waals surface area contributed by atoms with E-state index in [1.807, 2.05) is 30.3 Å². The summed E-state index contributed by atoms with van der Waals surface area (Å²) in [7, 11) is -2.77. The molecule has 1 aliphatic rings. The molecule has 9 nitrogen and oxygen atoms in total. The minimum absolute atomic E-state index is 0.105. The zero-order valence-corrected chi connectivity index (χ0v) is 20.7. The molecule has 3 aromatic heterocycles. The number of alkyl halides is 2. The molecule has 0 saturated heterocycles. The van der Waals surface area contributed by atoms with E-state index in [1.54, 1.807) is 20.2 Å². The topological polar surface area (TPSA) is 113 Å². The quantitative estimate of drug-likeness (QED) is 0.425. The van der Waals surface area contributed by atoms with Gasteiger partial charge >= 0.3 is 5.92 Å². The van der Waals surface area contributed by atoms with Crippen molar-refractivity contribution in [2.45, 2.75) is 37.8 Å². The van der Waals surface area contributed by atoms with Crippen LogP contribution in [0.4, 0.5) is 8.78 Å². The van der Waals surface area contributed by atoms with Crippen LogP contribution in [-0.4, -0.2) is 44.9 Å². The number of hydrogen-bond acceptors (Lipinski definition) is 5. The molecule has 1 amide bonds. The SMILES string of the molecule is Cc1[nH]nc2c1CN(S(=O)(=O)c1cc(C(=O)NCc3cccc4ncccc34)n(C)c1C)CC2(F)F. The van der Waals surface area contributed by atoms with E-state index in [0.717, 1.165) is 20.8 Å². The van der Waals surface area contributed by atoms with Crippen LogP contribution in [0.2, 0.25) is 0 Å². The minimum atomic E-state index is -4.33. The van der Waals surface area contributed by atoms with Crippen molar-refractivity contribution in [3.63, 3.8) is 0 Å². The molecule has 4 aromatic rings. The van der Waals surface area contributed by atoms with Crippen molar-refractivity contribution in [3.8, 4) is 0 Å². The third-order valence-corrected chi connectivity index (χ3v) is 8.55. The number of aryl methyl sites for hydroxylation is 1. The molecular weight excluding hydrogens is 490 g/mol. The van der Waals surface area contributed by atoms with Gasteiger partial charge in [0.2, 0.25) is 10.0 Å². The highest BCUT2D eigenvalue weighted by atomic mass is 32.2. The summed E-state index contributed by atoms with van der Waals surface area (Å²) in [5.41, 5.74) is 2.14. The number of carbonyl (C=O) groups is 1. The Bertz CT molecular complexity index is 1600. The van der Waals surface area contributed by atoms with Gasteiger partial charge in [0.1, 0.15) is 16.3 Å². The lowest BCUT2D eigenvalue weighted by atomic mass is 10.0. The van der Waals surface area contributed by atoms with Gasteiger partial charge < -0.3 is 9.88 Å². The van der Waals surface area contributed by atoms with Gasteiger partial charge in [-0.15, -0.1) is 0 Å². The standard InChI is InChI=1S/C24H24F2N6O3S/c1-14-18-12-32(13-24(25,26)22(18)30-29-14)36(34,35)21-10-20(31(3)15(21)2)23(33)28-11-16-6-4-8-19-17(16)7-5-9-27-19/h4-10H,11-13H2,1-3H3,(H,28,33)(H,29,30). The fourth-order valence-electron chi connectivity index (χ4n) is 4.52. The molecule has 0 atom stereocenters. The summed E-state index contributed by atoms with van der Waals surface area (Å²) in [4.78, 5) is 17.1. The van der Waals surface area contributed by atoms with Crippen molar-refractivity contribution in [2.24, 2.45) is 7.05 Å². The molecule has 1 aromatic carbocycles. The second-order valence-electron chi connectivity index (χ2n) is 8.86. The van der Waals surface area contributed by atoms with E-state index in [1.165, 1.54) is 17.6 Å². The summed E-state index contributed by atoms with van der Waals surface area (Å²) in [5.74, 6) is -3.93. The molecule has 0 spiro atoms. The third-order valence-electron chi connectivity index (χ3n) is 6.64. The lowest BCUT2D eigenvalue weighted by Gasteiger charge is -2.31. The summed E-state index contributed by atoms with van der Waals surface area (Å²) >= 11 is 0. The number of nitrogens with zero attached hydrogens (tertiary/aromatic N) is 4. The molecule has 4 heterocycles. The summed E-state index contributed by atoms with van der Waals surface area (Å²) in [6.45, 7) is 2.05. The van der Waals surface area contributed by atoms with Gasteiger partial charge in [-0.2, -0.15) is 18.2 Å². The minimum Gasteiger partial charge on any atom is -0.347 e. The number of pyridine rings is 1. The molecule has 0 saturated carbocycles. The Kier molecular flexibility index (Phi) is 5.67. The molecule has 0 radical (unpaired) electrons. The summed E-state index contributed by atoms with van der Waals surface area (Å²) in [5, 5.41) is 9.89. The van der Waals surface area contributed by atoms with Crippen molar-refractivity contribution >= 4 is 26.8 Å². The van der Waals surface area contributed by atoms with Crippen LogP contribution >= 0.6 is 0 Å². The maximum Gasteiger partial charge on any atom is 0.305 e. The average molecular weight is 515 g/mol. The molecule has 188 valence electrons. The molecule has 5 rings (SSSR count). The highest BCUT2D eigenvalue weighted by Gasteiger charge is 2.47. The first-order valence-electron chi connectivity index (χ1n) is 11.2. The third kappa shape index (κ3) is 3.86. The number of amides is 1. The highest BCUT2D eigenvalue weighted by molar-refractivity contribution is 7.89. The van der Waals surface area contributed by atoms with Gasteiger partial charge in [-0.1, -0.05) is 18.2 Å². The zero-order chi connectivity index (χ0) is 25.8. The average Bonchev–Trinajstić information content (AvgIpc) is 3.37. The molecule has 1 aliphatic heterocycles. The smallest absolute Gasteiger partial charge is 0.305 e. The maximum atomic E-state index is 14.7. The van der Waals surface area contributed by atoms with Gasteiger partial charge in [0.15, 0.2) is 0 Å². The number of aromatic amines is 1. The number of carbonyl (C=O) groups excluding carboxylic acids is 1. The summed E-state index contributed by atoms with van der Waals surface area (Å²) in [6, 6.07) is 10.5. The Morgan fingerprint density at radius 3 is 2.78 bits per heavy atom. The molecule has 0 fully saturated rings. The lowest BCUT2D eigenvalue weighted by Crippen LogP contribution is -2.43. The lowest BCUT2D eigenvalue weighted by molar-refractivity contribution is -0.0361. The highest BCUT2D eigenvalue weighted by Crippen LogP contribution is 2.39. The maximum absolute atomic E-state index is 14.7. The van der Waals surface area contributed by atoms with Crippen molar-refractivity contribution in [3.05, 3.63) is 76.5 Å². The van der Waals surface area contributed by atoms with Crippen LogP contribution in [0, 0.1) is 13.8 Å². The van der Waals surface area contributed by atoms with Gasteiger partial charge in [0, 0.05) is 48.7 Å². The van der Waals surface area contributed by atoms with Gasteiger partial charge in [-0.25, -0.2) is 8.42 Å².